The van der Waals surface area contributed by atoms with Crippen LogP contribution in [0.3, 0.4) is 0 Å². The summed E-state index contributed by atoms with van der Waals surface area (Å²) in [5.74, 6) is 0. The van der Waals surface area contributed by atoms with E-state index in [4.69, 9.17) is 4.74 Å². The first-order valence-corrected chi connectivity index (χ1v) is 5.65. The molecule has 0 aliphatic heterocycles. The molecular weight excluding hydrogens is 261 g/mol. The number of carbonyl (C=O) groups is 1. The van der Waals surface area contributed by atoms with Gasteiger partial charge in [-0.1, -0.05) is 12.1 Å². The van der Waals surface area contributed by atoms with Crippen molar-refractivity contribution in [1.29, 1.82) is 0 Å². The van der Waals surface area contributed by atoms with Crippen molar-refractivity contribution in [3.8, 4) is 0 Å². The molecule has 1 rings (SSSR count). The van der Waals surface area contributed by atoms with E-state index in [0.29, 0.717) is 19.6 Å². The number of anilines is 1. The normalized spacial score (nSPS) is 11.2. The lowest BCUT2D eigenvalue weighted by molar-refractivity contribution is -0.136. The Kier molecular flexibility index (Phi) is 5.62. The Balaban J connectivity index is 2.59. The van der Waals surface area contributed by atoms with E-state index in [1.165, 1.54) is 25.3 Å². The lowest BCUT2D eigenvalue weighted by atomic mass is 10.1. The summed E-state index contributed by atoms with van der Waals surface area (Å²) in [6.45, 7) is 0.799. The van der Waals surface area contributed by atoms with Gasteiger partial charge < -0.3 is 15.4 Å². The average molecular weight is 276 g/mol. The number of halogens is 3. The van der Waals surface area contributed by atoms with E-state index in [9.17, 15) is 18.0 Å². The smallest absolute Gasteiger partial charge is 0.385 e. The quantitative estimate of drug-likeness (QED) is 0.812. The number of rotatable bonds is 5. The molecule has 7 heteroatoms. The van der Waals surface area contributed by atoms with Crippen LogP contribution in [0.1, 0.15) is 12.0 Å². The minimum Gasteiger partial charge on any atom is -0.385 e. The van der Waals surface area contributed by atoms with Gasteiger partial charge in [0.15, 0.2) is 0 Å². The third-order valence-corrected chi connectivity index (χ3v) is 2.29. The molecule has 0 saturated heterocycles. The van der Waals surface area contributed by atoms with Crippen LogP contribution in [0, 0.1) is 0 Å². The van der Waals surface area contributed by atoms with Crippen LogP contribution < -0.4 is 10.6 Å². The third kappa shape index (κ3) is 5.17. The molecule has 0 aliphatic carbocycles. The second-order valence-corrected chi connectivity index (χ2v) is 3.77. The molecule has 0 unspecified atom stereocenters. The highest BCUT2D eigenvalue weighted by molar-refractivity contribution is 5.90. The predicted octanol–water partition coefficient (Wildman–Crippen LogP) is 2.86. The number of para-hydroxylation sites is 1. The van der Waals surface area contributed by atoms with Gasteiger partial charge in [0.05, 0.1) is 11.3 Å². The van der Waals surface area contributed by atoms with Crippen molar-refractivity contribution in [3.05, 3.63) is 29.8 Å². The van der Waals surface area contributed by atoms with Crippen molar-refractivity contribution < 1.29 is 22.7 Å². The summed E-state index contributed by atoms with van der Waals surface area (Å²) in [5.41, 5.74) is -1.14. The van der Waals surface area contributed by atoms with E-state index in [1.807, 2.05) is 0 Å². The van der Waals surface area contributed by atoms with E-state index >= 15 is 0 Å². The van der Waals surface area contributed by atoms with Gasteiger partial charge >= 0.3 is 12.2 Å². The summed E-state index contributed by atoms with van der Waals surface area (Å²) in [4.78, 5) is 11.4. The number of hydrogen-bond donors (Lipinski definition) is 2. The van der Waals surface area contributed by atoms with Crippen LogP contribution in [-0.4, -0.2) is 26.3 Å². The zero-order valence-corrected chi connectivity index (χ0v) is 10.4. The molecule has 0 atom stereocenters. The standard InChI is InChI=1S/C12H15F3N2O2/c1-19-8-4-7-16-11(18)17-10-6-3-2-5-9(10)12(13,14)15/h2-3,5-6H,4,7-8H2,1H3,(H2,16,17,18). The molecule has 19 heavy (non-hydrogen) atoms. The number of ether oxygens (including phenoxy) is 1. The molecule has 1 aromatic carbocycles. The lowest BCUT2D eigenvalue weighted by Crippen LogP contribution is -2.30. The maximum Gasteiger partial charge on any atom is 0.418 e. The first kappa shape index (κ1) is 15.3. The van der Waals surface area contributed by atoms with E-state index < -0.39 is 17.8 Å². The van der Waals surface area contributed by atoms with Crippen LogP contribution >= 0.6 is 0 Å². The van der Waals surface area contributed by atoms with Crippen LogP contribution in [0.25, 0.3) is 0 Å². The molecule has 0 radical (unpaired) electrons. The fourth-order valence-corrected chi connectivity index (χ4v) is 1.42. The van der Waals surface area contributed by atoms with Gasteiger partial charge in [-0.15, -0.1) is 0 Å². The fourth-order valence-electron chi connectivity index (χ4n) is 1.42. The first-order chi connectivity index (χ1) is 8.95. The van der Waals surface area contributed by atoms with Gasteiger partial charge in [-0.25, -0.2) is 4.79 Å². The van der Waals surface area contributed by atoms with Gasteiger partial charge in [0.2, 0.25) is 0 Å². The Morgan fingerprint density at radius 2 is 2.00 bits per heavy atom. The number of benzene rings is 1. The largest absolute Gasteiger partial charge is 0.418 e. The first-order valence-electron chi connectivity index (χ1n) is 5.65. The minimum atomic E-state index is -4.50. The monoisotopic (exact) mass is 276 g/mol. The molecule has 0 aliphatic rings. The third-order valence-electron chi connectivity index (χ3n) is 2.29. The predicted molar refractivity (Wildman–Crippen MR) is 65.0 cm³/mol. The maximum absolute atomic E-state index is 12.7. The molecule has 1 aromatic rings. The molecule has 4 nitrogen and oxygen atoms in total. The van der Waals surface area contributed by atoms with Crippen molar-refractivity contribution >= 4 is 11.7 Å². The summed E-state index contributed by atoms with van der Waals surface area (Å²) in [5, 5.41) is 4.63. The highest BCUT2D eigenvalue weighted by Crippen LogP contribution is 2.34. The molecule has 2 amide bonds. The average Bonchev–Trinajstić information content (AvgIpc) is 2.34. The zero-order valence-electron chi connectivity index (χ0n) is 10.4. The highest BCUT2D eigenvalue weighted by atomic mass is 19.4. The molecule has 106 valence electrons. The molecule has 0 aromatic heterocycles. The molecule has 0 spiro atoms. The number of carbonyl (C=O) groups excluding carboxylic acids is 1. The van der Waals surface area contributed by atoms with Crippen molar-refractivity contribution in [2.24, 2.45) is 0 Å². The summed E-state index contributed by atoms with van der Waals surface area (Å²) in [7, 11) is 1.53. The number of urea groups is 1. The van der Waals surface area contributed by atoms with Crippen molar-refractivity contribution in [3.63, 3.8) is 0 Å². The van der Waals surface area contributed by atoms with Crippen LogP contribution in [0.15, 0.2) is 24.3 Å². The summed E-state index contributed by atoms with van der Waals surface area (Å²) < 4.78 is 42.8. The summed E-state index contributed by atoms with van der Waals surface area (Å²) in [6, 6.07) is 4.14. The molecule has 0 saturated carbocycles. The van der Waals surface area contributed by atoms with Crippen molar-refractivity contribution in [2.45, 2.75) is 12.6 Å². The molecule has 0 heterocycles. The van der Waals surface area contributed by atoms with Crippen LogP contribution in [0.4, 0.5) is 23.7 Å². The Hall–Kier alpha value is -1.76. The topological polar surface area (TPSA) is 50.4 Å². The second-order valence-electron chi connectivity index (χ2n) is 3.77. The van der Waals surface area contributed by atoms with Crippen LogP contribution in [0.5, 0.6) is 0 Å². The van der Waals surface area contributed by atoms with E-state index in [-0.39, 0.29) is 5.69 Å². The summed E-state index contributed by atoms with van der Waals surface area (Å²) >= 11 is 0. The Morgan fingerprint density at radius 3 is 2.63 bits per heavy atom. The zero-order chi connectivity index (χ0) is 14.3. The van der Waals surface area contributed by atoms with Gasteiger partial charge in [-0.2, -0.15) is 13.2 Å². The highest BCUT2D eigenvalue weighted by Gasteiger charge is 2.33. The number of nitrogens with one attached hydrogen (secondary N) is 2. The number of alkyl halides is 3. The number of hydrogen-bond acceptors (Lipinski definition) is 2. The van der Waals surface area contributed by atoms with Gasteiger partial charge in [-0.3, -0.25) is 0 Å². The lowest BCUT2D eigenvalue weighted by Gasteiger charge is -2.13. The molecular formula is C12H15F3N2O2. The van der Waals surface area contributed by atoms with E-state index in [0.717, 1.165) is 6.07 Å². The van der Waals surface area contributed by atoms with Crippen molar-refractivity contribution in [1.82, 2.24) is 5.32 Å². The SMILES string of the molecule is COCCCNC(=O)Nc1ccccc1C(F)(F)F. The summed E-state index contributed by atoms with van der Waals surface area (Å²) in [6.07, 6.45) is -3.91. The molecule has 0 bridgehead atoms. The molecule has 2 N–H and O–H groups in total. The fraction of sp³-hybridized carbons (Fsp3) is 0.417. The van der Waals surface area contributed by atoms with E-state index in [2.05, 4.69) is 10.6 Å². The van der Waals surface area contributed by atoms with Gasteiger partial charge in [0.1, 0.15) is 0 Å². The van der Waals surface area contributed by atoms with Crippen molar-refractivity contribution in [2.75, 3.05) is 25.6 Å². The van der Waals surface area contributed by atoms with Gasteiger partial charge in [0, 0.05) is 20.3 Å². The molecule has 0 fully saturated rings. The number of methoxy groups -OCH3 is 1. The van der Waals surface area contributed by atoms with Gasteiger partial charge in [-0.05, 0) is 18.6 Å². The van der Waals surface area contributed by atoms with Crippen LogP contribution in [0.2, 0.25) is 0 Å². The Labute approximate surface area is 108 Å². The van der Waals surface area contributed by atoms with Gasteiger partial charge in [0.25, 0.3) is 0 Å². The minimum absolute atomic E-state index is 0.265. The Bertz CT molecular complexity index is 422. The maximum atomic E-state index is 12.7. The number of amides is 2. The second kappa shape index (κ2) is 6.98. The van der Waals surface area contributed by atoms with Crippen LogP contribution in [-0.2, 0) is 10.9 Å². The Morgan fingerprint density at radius 1 is 1.32 bits per heavy atom. The van der Waals surface area contributed by atoms with E-state index in [1.54, 1.807) is 0 Å².